The highest BCUT2D eigenvalue weighted by Crippen LogP contribution is 2.25. The zero-order valence-corrected chi connectivity index (χ0v) is 13.0. The molecule has 1 fully saturated rings. The van der Waals surface area contributed by atoms with Gasteiger partial charge in [0.1, 0.15) is 5.75 Å². The molecule has 0 aliphatic carbocycles. The van der Waals surface area contributed by atoms with Gasteiger partial charge in [0, 0.05) is 19.6 Å². The maximum absolute atomic E-state index is 12.6. The fourth-order valence-electron chi connectivity index (χ4n) is 2.78. The molecule has 0 saturated carbocycles. The Morgan fingerprint density at radius 3 is 2.52 bits per heavy atom. The molecule has 0 radical (unpaired) electrons. The Morgan fingerprint density at radius 1 is 1.29 bits per heavy atom. The Kier molecular flexibility index (Phi) is 5.88. The topological polar surface area (TPSA) is 66.6 Å². The molecule has 1 amide bonds. The zero-order valence-electron chi connectivity index (χ0n) is 12.2. The second kappa shape index (κ2) is 7.66. The average Bonchev–Trinajstić information content (AvgIpc) is 2.77. The molecule has 1 saturated heterocycles. The smallest absolute Gasteiger partial charge is 0.227 e. The lowest BCUT2D eigenvalue weighted by atomic mass is 9.97. The lowest BCUT2D eigenvalue weighted by molar-refractivity contribution is -0.135. The molecule has 1 aliphatic heterocycles. The van der Waals surface area contributed by atoms with Crippen LogP contribution in [0.5, 0.6) is 5.75 Å². The van der Waals surface area contributed by atoms with E-state index in [1.807, 2.05) is 4.90 Å². The van der Waals surface area contributed by atoms with E-state index in [1.54, 1.807) is 18.2 Å². The van der Waals surface area contributed by atoms with Crippen LogP contribution in [-0.4, -0.2) is 35.5 Å². The Morgan fingerprint density at radius 2 is 1.95 bits per heavy atom. The molecule has 1 heterocycles. The summed E-state index contributed by atoms with van der Waals surface area (Å²) in [6, 6.07) is 5.05. The van der Waals surface area contributed by atoms with Crippen LogP contribution in [0.3, 0.4) is 0 Å². The number of aromatic hydroxyl groups is 1. The fraction of sp³-hybridized carbons (Fsp3) is 0.562. The van der Waals surface area contributed by atoms with Crippen molar-refractivity contribution in [2.45, 2.75) is 32.1 Å². The van der Waals surface area contributed by atoms with Crippen LogP contribution in [0.2, 0.25) is 5.02 Å². The van der Waals surface area contributed by atoms with Crippen LogP contribution in [-0.2, 0) is 11.2 Å². The number of likely N-dealkylation sites (tertiary alicyclic amines) is 1. The van der Waals surface area contributed by atoms with Gasteiger partial charge >= 0.3 is 0 Å². The van der Waals surface area contributed by atoms with Gasteiger partial charge in [0.2, 0.25) is 5.91 Å². The number of rotatable bonds is 4. The molecule has 1 atom stereocenters. The number of benzene rings is 1. The SMILES string of the molecule is NCC(Cc1ccc(O)c(Cl)c1)C(=O)N1CCCCCC1. The van der Waals surface area contributed by atoms with E-state index >= 15 is 0 Å². The average molecular weight is 311 g/mol. The molecule has 0 spiro atoms. The number of nitrogens with zero attached hydrogens (tertiary/aromatic N) is 1. The minimum Gasteiger partial charge on any atom is -0.506 e. The number of hydrogen-bond donors (Lipinski definition) is 2. The van der Waals surface area contributed by atoms with Crippen molar-refractivity contribution < 1.29 is 9.90 Å². The first-order chi connectivity index (χ1) is 10.1. The predicted octanol–water partition coefficient (Wildman–Crippen LogP) is 2.57. The highest BCUT2D eigenvalue weighted by Gasteiger charge is 2.24. The number of amides is 1. The predicted molar refractivity (Wildman–Crippen MR) is 84.4 cm³/mol. The zero-order chi connectivity index (χ0) is 15.2. The standard InChI is InChI=1S/C16H23ClN2O2/c17-14-10-12(5-6-15(14)20)9-13(11-18)16(21)19-7-3-1-2-4-8-19/h5-6,10,13,20H,1-4,7-9,11,18H2. The number of phenols is 1. The van der Waals surface area contributed by atoms with E-state index < -0.39 is 0 Å². The summed E-state index contributed by atoms with van der Waals surface area (Å²) in [5.41, 5.74) is 6.73. The van der Waals surface area contributed by atoms with Gasteiger partial charge in [-0.25, -0.2) is 0 Å². The summed E-state index contributed by atoms with van der Waals surface area (Å²) >= 11 is 5.91. The molecule has 2 rings (SSSR count). The van der Waals surface area contributed by atoms with Gasteiger partial charge in [0.25, 0.3) is 0 Å². The van der Waals surface area contributed by atoms with Gasteiger partial charge in [-0.2, -0.15) is 0 Å². The van der Waals surface area contributed by atoms with E-state index in [4.69, 9.17) is 17.3 Å². The third kappa shape index (κ3) is 4.35. The molecule has 5 heteroatoms. The first-order valence-corrected chi connectivity index (χ1v) is 7.96. The summed E-state index contributed by atoms with van der Waals surface area (Å²) in [5.74, 6) is -0.0177. The van der Waals surface area contributed by atoms with Gasteiger partial charge in [0.05, 0.1) is 10.9 Å². The highest BCUT2D eigenvalue weighted by molar-refractivity contribution is 6.32. The lowest BCUT2D eigenvalue weighted by Gasteiger charge is -2.25. The Bertz CT molecular complexity index is 485. The van der Waals surface area contributed by atoms with Gasteiger partial charge in [-0.15, -0.1) is 0 Å². The summed E-state index contributed by atoms with van der Waals surface area (Å²) in [7, 11) is 0. The molecule has 3 N–H and O–H groups in total. The van der Waals surface area contributed by atoms with Gasteiger partial charge in [-0.3, -0.25) is 4.79 Å². The van der Waals surface area contributed by atoms with Gasteiger partial charge in [0.15, 0.2) is 0 Å². The Hall–Kier alpha value is -1.26. The lowest BCUT2D eigenvalue weighted by Crippen LogP contribution is -2.40. The molecule has 1 aromatic carbocycles. The number of halogens is 1. The van der Waals surface area contributed by atoms with Crippen molar-refractivity contribution in [3.05, 3.63) is 28.8 Å². The van der Waals surface area contributed by atoms with Crippen LogP contribution >= 0.6 is 11.6 Å². The largest absolute Gasteiger partial charge is 0.506 e. The number of nitrogens with two attached hydrogens (primary N) is 1. The van der Waals surface area contributed by atoms with Crippen molar-refractivity contribution in [2.24, 2.45) is 11.7 Å². The summed E-state index contributed by atoms with van der Waals surface area (Å²) in [6.45, 7) is 2.01. The third-order valence-electron chi connectivity index (χ3n) is 4.05. The summed E-state index contributed by atoms with van der Waals surface area (Å²) < 4.78 is 0. The van der Waals surface area contributed by atoms with Crippen LogP contribution in [0, 0.1) is 5.92 Å². The van der Waals surface area contributed by atoms with Crippen LogP contribution in [0.4, 0.5) is 0 Å². The van der Waals surface area contributed by atoms with Crippen LogP contribution < -0.4 is 5.73 Å². The first-order valence-electron chi connectivity index (χ1n) is 7.58. The van der Waals surface area contributed by atoms with Gasteiger partial charge < -0.3 is 15.7 Å². The Labute approximate surface area is 130 Å². The van der Waals surface area contributed by atoms with Crippen molar-refractivity contribution in [3.8, 4) is 5.75 Å². The number of hydrogen-bond acceptors (Lipinski definition) is 3. The monoisotopic (exact) mass is 310 g/mol. The molecular weight excluding hydrogens is 288 g/mol. The maximum atomic E-state index is 12.6. The molecule has 0 bridgehead atoms. The molecule has 1 aliphatic rings. The maximum Gasteiger partial charge on any atom is 0.227 e. The number of phenolic OH excluding ortho intramolecular Hbond substituents is 1. The second-order valence-electron chi connectivity index (χ2n) is 5.66. The molecule has 1 unspecified atom stereocenters. The van der Waals surface area contributed by atoms with Crippen molar-refractivity contribution in [2.75, 3.05) is 19.6 Å². The molecule has 116 valence electrons. The van der Waals surface area contributed by atoms with E-state index in [2.05, 4.69) is 0 Å². The van der Waals surface area contributed by atoms with Gasteiger partial charge in [-0.1, -0.05) is 30.5 Å². The van der Waals surface area contributed by atoms with Crippen molar-refractivity contribution in [3.63, 3.8) is 0 Å². The minimum atomic E-state index is -0.219. The normalized spacial score (nSPS) is 17.3. The van der Waals surface area contributed by atoms with Crippen LogP contribution in [0.1, 0.15) is 31.2 Å². The van der Waals surface area contributed by atoms with E-state index in [0.29, 0.717) is 18.0 Å². The van der Waals surface area contributed by atoms with E-state index in [-0.39, 0.29) is 17.6 Å². The minimum absolute atomic E-state index is 0.0589. The van der Waals surface area contributed by atoms with Crippen LogP contribution in [0.25, 0.3) is 0 Å². The highest BCUT2D eigenvalue weighted by atomic mass is 35.5. The fourth-order valence-corrected chi connectivity index (χ4v) is 2.99. The van der Waals surface area contributed by atoms with E-state index in [0.717, 1.165) is 31.5 Å². The second-order valence-corrected chi connectivity index (χ2v) is 6.07. The number of carbonyl (C=O) groups excluding carboxylic acids is 1. The van der Waals surface area contributed by atoms with E-state index in [9.17, 15) is 9.90 Å². The molecule has 21 heavy (non-hydrogen) atoms. The summed E-state index contributed by atoms with van der Waals surface area (Å²) in [5, 5.41) is 9.76. The van der Waals surface area contributed by atoms with Crippen molar-refractivity contribution in [1.82, 2.24) is 4.90 Å². The van der Waals surface area contributed by atoms with E-state index in [1.165, 1.54) is 12.8 Å². The quantitative estimate of drug-likeness (QED) is 0.898. The molecule has 1 aromatic rings. The van der Waals surface area contributed by atoms with Crippen molar-refractivity contribution in [1.29, 1.82) is 0 Å². The molecule has 0 aromatic heterocycles. The molecule has 4 nitrogen and oxygen atoms in total. The van der Waals surface area contributed by atoms with Gasteiger partial charge in [-0.05, 0) is 37.0 Å². The summed E-state index contributed by atoms with van der Waals surface area (Å²) in [6.07, 6.45) is 5.11. The van der Waals surface area contributed by atoms with Crippen molar-refractivity contribution >= 4 is 17.5 Å². The third-order valence-corrected chi connectivity index (χ3v) is 4.35. The Balaban J connectivity index is 2.04. The number of carbonyl (C=O) groups is 1. The van der Waals surface area contributed by atoms with Crippen LogP contribution in [0.15, 0.2) is 18.2 Å². The molecular formula is C16H23ClN2O2. The summed E-state index contributed by atoms with van der Waals surface area (Å²) in [4.78, 5) is 14.6. The first kappa shape index (κ1) is 16.1.